The summed E-state index contributed by atoms with van der Waals surface area (Å²) in [4.78, 5) is 4.76. The van der Waals surface area contributed by atoms with Gasteiger partial charge in [0.25, 0.3) is 0 Å². The number of rotatable bonds is 7. The molecule has 0 aliphatic rings. The van der Waals surface area contributed by atoms with Gasteiger partial charge in [0.05, 0.1) is 5.69 Å². The molecule has 0 saturated heterocycles. The molecule has 1 aromatic heterocycles. The Morgan fingerprint density at radius 3 is 2.29 bits per heavy atom. The number of hydrogen-bond acceptors (Lipinski definition) is 2. The standard InChI is InChI=1S/C14H27N3/c1-5-9-10-17-12(8-4)16-13(14(17)15)11(6-2)7-3/h11H,5-10,15H2,1-4H3. The molecule has 17 heavy (non-hydrogen) atoms. The van der Waals surface area contributed by atoms with Crippen LogP contribution in [-0.4, -0.2) is 9.55 Å². The maximum Gasteiger partial charge on any atom is 0.127 e. The van der Waals surface area contributed by atoms with Crippen LogP contribution in [0.4, 0.5) is 5.82 Å². The summed E-state index contributed by atoms with van der Waals surface area (Å²) in [6, 6.07) is 0. The predicted octanol–water partition coefficient (Wildman–Crippen LogP) is 3.73. The van der Waals surface area contributed by atoms with E-state index in [2.05, 4.69) is 32.3 Å². The van der Waals surface area contributed by atoms with Crippen LogP contribution in [0.2, 0.25) is 0 Å². The molecule has 0 saturated carbocycles. The lowest BCUT2D eigenvalue weighted by Gasteiger charge is -2.11. The smallest absolute Gasteiger partial charge is 0.127 e. The highest BCUT2D eigenvalue weighted by Gasteiger charge is 2.18. The van der Waals surface area contributed by atoms with E-state index in [9.17, 15) is 0 Å². The van der Waals surface area contributed by atoms with Crippen molar-refractivity contribution in [3.8, 4) is 0 Å². The third-order valence-electron chi connectivity index (χ3n) is 3.54. The molecule has 0 radical (unpaired) electrons. The van der Waals surface area contributed by atoms with Crippen molar-refractivity contribution in [3.05, 3.63) is 11.5 Å². The molecule has 0 bridgehead atoms. The molecule has 0 aliphatic carbocycles. The van der Waals surface area contributed by atoms with E-state index in [-0.39, 0.29) is 0 Å². The Balaban J connectivity index is 3.03. The molecular weight excluding hydrogens is 210 g/mol. The van der Waals surface area contributed by atoms with Crippen LogP contribution in [0.3, 0.4) is 0 Å². The van der Waals surface area contributed by atoms with Gasteiger partial charge in [0.15, 0.2) is 0 Å². The van der Waals surface area contributed by atoms with Gasteiger partial charge < -0.3 is 10.3 Å². The molecule has 1 aromatic rings. The number of aryl methyl sites for hydroxylation is 1. The lowest BCUT2D eigenvalue weighted by Crippen LogP contribution is -2.08. The maximum absolute atomic E-state index is 6.27. The fraction of sp³-hybridized carbons (Fsp3) is 0.786. The number of imidazole rings is 1. The van der Waals surface area contributed by atoms with E-state index in [0.29, 0.717) is 5.92 Å². The van der Waals surface area contributed by atoms with Gasteiger partial charge in [-0.1, -0.05) is 34.1 Å². The Kier molecular flexibility index (Phi) is 5.52. The fourth-order valence-electron chi connectivity index (χ4n) is 2.35. The molecule has 0 unspecified atom stereocenters. The minimum absolute atomic E-state index is 0.517. The number of unbranched alkanes of at least 4 members (excludes halogenated alkanes) is 1. The summed E-state index contributed by atoms with van der Waals surface area (Å²) in [5.41, 5.74) is 7.40. The molecule has 1 heterocycles. The van der Waals surface area contributed by atoms with Crippen molar-refractivity contribution in [1.82, 2.24) is 9.55 Å². The molecule has 98 valence electrons. The number of nitrogens with zero attached hydrogens (tertiary/aromatic N) is 2. The molecule has 3 heteroatoms. The van der Waals surface area contributed by atoms with Gasteiger partial charge in [0, 0.05) is 18.9 Å². The molecule has 0 spiro atoms. The lowest BCUT2D eigenvalue weighted by atomic mass is 9.99. The van der Waals surface area contributed by atoms with Crippen LogP contribution in [-0.2, 0) is 13.0 Å². The minimum atomic E-state index is 0.517. The van der Waals surface area contributed by atoms with E-state index in [1.165, 1.54) is 12.8 Å². The Hall–Kier alpha value is -0.990. The second kappa shape index (κ2) is 6.67. The topological polar surface area (TPSA) is 43.8 Å². The summed E-state index contributed by atoms with van der Waals surface area (Å²) in [5, 5.41) is 0. The molecule has 2 N–H and O–H groups in total. The molecule has 0 fully saturated rings. The normalized spacial score (nSPS) is 11.4. The van der Waals surface area contributed by atoms with E-state index >= 15 is 0 Å². The van der Waals surface area contributed by atoms with Crippen LogP contribution in [0.25, 0.3) is 0 Å². The van der Waals surface area contributed by atoms with Crippen molar-refractivity contribution in [3.63, 3.8) is 0 Å². The average Bonchev–Trinajstić information content (AvgIpc) is 2.66. The highest BCUT2D eigenvalue weighted by atomic mass is 15.1. The molecule has 0 aromatic carbocycles. The van der Waals surface area contributed by atoms with Gasteiger partial charge in [0.1, 0.15) is 11.6 Å². The first-order valence-corrected chi connectivity index (χ1v) is 7.04. The fourth-order valence-corrected chi connectivity index (χ4v) is 2.35. The molecule has 1 rings (SSSR count). The maximum atomic E-state index is 6.27. The van der Waals surface area contributed by atoms with Crippen molar-refractivity contribution < 1.29 is 0 Å². The van der Waals surface area contributed by atoms with Crippen LogP contribution < -0.4 is 5.73 Å². The van der Waals surface area contributed by atoms with Crippen LogP contribution in [0.5, 0.6) is 0 Å². The monoisotopic (exact) mass is 237 g/mol. The van der Waals surface area contributed by atoms with Gasteiger partial charge in [-0.3, -0.25) is 0 Å². The lowest BCUT2D eigenvalue weighted by molar-refractivity contribution is 0.611. The van der Waals surface area contributed by atoms with Crippen LogP contribution in [0.1, 0.15) is 70.8 Å². The summed E-state index contributed by atoms with van der Waals surface area (Å²) >= 11 is 0. The second-order valence-corrected chi connectivity index (χ2v) is 4.67. The third kappa shape index (κ3) is 3.02. The van der Waals surface area contributed by atoms with Crippen LogP contribution >= 0.6 is 0 Å². The second-order valence-electron chi connectivity index (χ2n) is 4.67. The Morgan fingerprint density at radius 2 is 1.82 bits per heavy atom. The Morgan fingerprint density at radius 1 is 1.18 bits per heavy atom. The van der Waals surface area contributed by atoms with Gasteiger partial charge in [0.2, 0.25) is 0 Å². The number of hydrogen-bond donors (Lipinski definition) is 1. The van der Waals surface area contributed by atoms with Gasteiger partial charge in [-0.05, 0) is 19.3 Å². The van der Waals surface area contributed by atoms with Crippen molar-refractivity contribution in [2.24, 2.45) is 0 Å². The summed E-state index contributed by atoms with van der Waals surface area (Å²) in [6.45, 7) is 9.80. The first kappa shape index (κ1) is 14.1. The number of nitrogens with two attached hydrogens (primary N) is 1. The van der Waals surface area contributed by atoms with Gasteiger partial charge in [-0.25, -0.2) is 4.98 Å². The van der Waals surface area contributed by atoms with E-state index in [1.807, 2.05) is 0 Å². The van der Waals surface area contributed by atoms with Crippen molar-refractivity contribution in [1.29, 1.82) is 0 Å². The summed E-state index contributed by atoms with van der Waals surface area (Å²) < 4.78 is 2.22. The molecule has 3 nitrogen and oxygen atoms in total. The molecule has 0 aliphatic heterocycles. The summed E-state index contributed by atoms with van der Waals surface area (Å²) in [7, 11) is 0. The zero-order chi connectivity index (χ0) is 12.8. The molecule has 0 amide bonds. The predicted molar refractivity (Wildman–Crippen MR) is 74.2 cm³/mol. The molecule has 0 atom stereocenters. The summed E-state index contributed by atoms with van der Waals surface area (Å²) in [5.74, 6) is 2.57. The first-order chi connectivity index (χ1) is 8.19. The highest BCUT2D eigenvalue weighted by molar-refractivity contribution is 5.40. The van der Waals surface area contributed by atoms with Crippen molar-refractivity contribution in [2.75, 3.05) is 5.73 Å². The van der Waals surface area contributed by atoms with Gasteiger partial charge >= 0.3 is 0 Å². The minimum Gasteiger partial charge on any atom is -0.384 e. The number of aromatic nitrogens is 2. The van der Waals surface area contributed by atoms with Gasteiger partial charge in [-0.2, -0.15) is 0 Å². The largest absolute Gasteiger partial charge is 0.384 e. The number of nitrogen functional groups attached to an aromatic ring is 1. The van der Waals surface area contributed by atoms with E-state index in [4.69, 9.17) is 10.7 Å². The van der Waals surface area contributed by atoms with E-state index in [1.54, 1.807) is 0 Å². The van der Waals surface area contributed by atoms with Crippen LogP contribution in [0, 0.1) is 0 Å². The number of anilines is 1. The Labute approximate surface area is 105 Å². The highest BCUT2D eigenvalue weighted by Crippen LogP contribution is 2.28. The zero-order valence-corrected chi connectivity index (χ0v) is 11.8. The van der Waals surface area contributed by atoms with E-state index < -0.39 is 0 Å². The van der Waals surface area contributed by atoms with Crippen molar-refractivity contribution in [2.45, 2.75) is 72.3 Å². The van der Waals surface area contributed by atoms with E-state index in [0.717, 1.165) is 43.1 Å². The quantitative estimate of drug-likeness (QED) is 0.785. The van der Waals surface area contributed by atoms with Crippen molar-refractivity contribution >= 4 is 5.82 Å². The average molecular weight is 237 g/mol. The first-order valence-electron chi connectivity index (χ1n) is 7.04. The zero-order valence-electron chi connectivity index (χ0n) is 11.8. The van der Waals surface area contributed by atoms with Gasteiger partial charge in [-0.15, -0.1) is 0 Å². The van der Waals surface area contributed by atoms with Crippen LogP contribution in [0.15, 0.2) is 0 Å². The Bertz CT molecular complexity index is 337. The SMILES string of the molecule is CCCCn1c(CC)nc(C(CC)CC)c1N. The third-order valence-corrected chi connectivity index (χ3v) is 3.54. The summed E-state index contributed by atoms with van der Waals surface area (Å²) in [6.07, 6.45) is 5.58. The molecular formula is C14H27N3.